The Morgan fingerprint density at radius 1 is 1.35 bits per heavy atom. The van der Waals surface area contributed by atoms with Crippen molar-refractivity contribution in [2.24, 2.45) is 5.41 Å². The maximum atomic E-state index is 13.8. The monoisotopic (exact) mass is 440 g/mol. The van der Waals surface area contributed by atoms with E-state index in [1.54, 1.807) is 6.20 Å². The smallest absolute Gasteiger partial charge is 0.409 e. The highest BCUT2D eigenvalue weighted by molar-refractivity contribution is 5.68. The van der Waals surface area contributed by atoms with Gasteiger partial charge in [-0.15, -0.1) is 0 Å². The topological polar surface area (TPSA) is 62.1 Å². The van der Waals surface area contributed by atoms with Gasteiger partial charge in [-0.05, 0) is 57.5 Å². The molecule has 1 aliphatic carbocycles. The number of rotatable bonds is 7. The molecule has 1 saturated carbocycles. The number of piperidine rings is 1. The number of carbonyl (C=O) groups excluding carboxylic acids is 1. The lowest BCUT2D eigenvalue weighted by Gasteiger charge is -2.52. The molecule has 31 heavy (non-hydrogen) atoms. The second kappa shape index (κ2) is 9.02. The van der Waals surface area contributed by atoms with E-state index < -0.39 is 5.92 Å². The minimum absolute atomic E-state index is 0.118. The summed E-state index contributed by atoms with van der Waals surface area (Å²) in [7, 11) is 0. The van der Waals surface area contributed by atoms with Crippen LogP contribution in [0.3, 0.4) is 0 Å². The Morgan fingerprint density at radius 3 is 2.71 bits per heavy atom. The molecule has 0 radical (unpaired) electrons. The number of hydrogen-bond acceptors (Lipinski definition) is 6. The number of aromatic nitrogens is 1. The van der Waals surface area contributed by atoms with E-state index in [4.69, 9.17) is 9.15 Å². The van der Waals surface area contributed by atoms with Gasteiger partial charge in [-0.3, -0.25) is 4.90 Å². The quantitative estimate of drug-likeness (QED) is 0.646. The normalized spacial score (nSPS) is 27.8. The summed E-state index contributed by atoms with van der Waals surface area (Å²) in [5.41, 5.74) is 0.247. The summed E-state index contributed by atoms with van der Waals surface area (Å²) in [6, 6.07) is 0.658. The summed E-state index contributed by atoms with van der Waals surface area (Å²) in [5, 5.41) is 0. The third-order valence-corrected chi connectivity index (χ3v) is 7.16. The molecule has 3 fully saturated rings. The zero-order valence-corrected chi connectivity index (χ0v) is 18.6. The molecule has 3 heterocycles. The average Bonchev–Trinajstić information content (AvgIpc) is 3.36. The molecule has 7 nitrogen and oxygen atoms in total. The van der Waals surface area contributed by atoms with Crippen LogP contribution in [0.2, 0.25) is 0 Å². The van der Waals surface area contributed by atoms with E-state index in [9.17, 15) is 13.6 Å². The second-order valence-electron chi connectivity index (χ2n) is 9.64. The molecule has 9 heteroatoms. The van der Waals surface area contributed by atoms with Gasteiger partial charge in [-0.2, -0.15) is 0 Å². The number of carbonyl (C=O) groups is 1. The molecular formula is C22H34F2N4O3. The fraction of sp³-hybridized carbons (Fsp3) is 0.818. The minimum atomic E-state index is -2.75. The van der Waals surface area contributed by atoms with Crippen molar-refractivity contribution in [3.05, 3.63) is 18.4 Å². The first-order valence-corrected chi connectivity index (χ1v) is 11.4. The van der Waals surface area contributed by atoms with Gasteiger partial charge in [0.1, 0.15) is 5.76 Å². The molecule has 1 amide bonds. The van der Waals surface area contributed by atoms with E-state index in [0.29, 0.717) is 25.0 Å². The van der Waals surface area contributed by atoms with Crippen molar-refractivity contribution in [2.45, 2.75) is 70.5 Å². The Bertz CT molecular complexity index is 726. The Balaban J connectivity index is 1.26. The SMILES string of the molecule is CCOC(=O)N1CCC2(CC(N3CCC(N(Cc4cnco4)CC(C)(F)F)CC3)C2)C1. The fourth-order valence-electron chi connectivity index (χ4n) is 5.64. The maximum Gasteiger partial charge on any atom is 0.409 e. The lowest BCUT2D eigenvalue weighted by Crippen LogP contribution is -2.56. The first-order chi connectivity index (χ1) is 14.8. The van der Waals surface area contributed by atoms with Gasteiger partial charge in [-0.25, -0.2) is 18.6 Å². The van der Waals surface area contributed by atoms with E-state index in [1.807, 2.05) is 16.7 Å². The van der Waals surface area contributed by atoms with Crippen LogP contribution in [0.1, 0.15) is 51.7 Å². The third kappa shape index (κ3) is 5.37. The highest BCUT2D eigenvalue weighted by Crippen LogP contribution is 2.50. The van der Waals surface area contributed by atoms with Crippen LogP contribution in [0.25, 0.3) is 0 Å². The van der Waals surface area contributed by atoms with Gasteiger partial charge >= 0.3 is 6.09 Å². The van der Waals surface area contributed by atoms with Crippen molar-refractivity contribution in [1.29, 1.82) is 0 Å². The zero-order valence-electron chi connectivity index (χ0n) is 18.6. The summed E-state index contributed by atoms with van der Waals surface area (Å²) < 4.78 is 38.0. The molecule has 0 atom stereocenters. The molecule has 1 aromatic rings. The first kappa shape index (κ1) is 22.5. The third-order valence-electron chi connectivity index (χ3n) is 7.16. The largest absolute Gasteiger partial charge is 0.450 e. The van der Waals surface area contributed by atoms with Crippen LogP contribution < -0.4 is 0 Å². The van der Waals surface area contributed by atoms with Gasteiger partial charge in [-0.1, -0.05) is 0 Å². The lowest BCUT2D eigenvalue weighted by molar-refractivity contribution is -0.0515. The highest BCUT2D eigenvalue weighted by atomic mass is 19.3. The number of nitrogens with zero attached hydrogens (tertiary/aromatic N) is 4. The number of halogens is 2. The molecule has 1 spiro atoms. The molecule has 174 valence electrons. The number of hydrogen-bond donors (Lipinski definition) is 0. The van der Waals surface area contributed by atoms with Crippen molar-refractivity contribution >= 4 is 6.09 Å². The van der Waals surface area contributed by atoms with E-state index in [2.05, 4.69) is 9.88 Å². The van der Waals surface area contributed by atoms with Crippen LogP contribution in [-0.2, 0) is 11.3 Å². The number of likely N-dealkylation sites (tertiary alicyclic amines) is 2. The van der Waals surface area contributed by atoms with Gasteiger partial charge in [0.15, 0.2) is 6.39 Å². The van der Waals surface area contributed by atoms with E-state index in [1.165, 1.54) is 6.39 Å². The molecule has 0 unspecified atom stereocenters. The molecule has 1 aromatic heterocycles. The van der Waals surface area contributed by atoms with Crippen molar-refractivity contribution in [3.63, 3.8) is 0 Å². The van der Waals surface area contributed by atoms with Crippen molar-refractivity contribution in [1.82, 2.24) is 19.7 Å². The summed E-state index contributed by atoms with van der Waals surface area (Å²) in [5.74, 6) is -2.12. The number of amides is 1. The van der Waals surface area contributed by atoms with Crippen molar-refractivity contribution in [3.8, 4) is 0 Å². The summed E-state index contributed by atoms with van der Waals surface area (Å²) in [4.78, 5) is 22.1. The fourth-order valence-corrected chi connectivity index (χ4v) is 5.64. The zero-order chi connectivity index (χ0) is 22.1. The van der Waals surface area contributed by atoms with Crippen LogP contribution in [0.15, 0.2) is 17.0 Å². The predicted molar refractivity (Wildman–Crippen MR) is 111 cm³/mol. The summed E-state index contributed by atoms with van der Waals surface area (Å²) in [6.07, 6.45) is 7.79. The van der Waals surface area contributed by atoms with E-state index in [0.717, 1.165) is 65.2 Å². The molecule has 0 aromatic carbocycles. The lowest BCUT2D eigenvalue weighted by atomic mass is 9.64. The Hall–Kier alpha value is -1.74. The summed E-state index contributed by atoms with van der Waals surface area (Å²) >= 11 is 0. The average molecular weight is 441 g/mol. The molecule has 4 rings (SSSR count). The molecule has 0 bridgehead atoms. The Morgan fingerprint density at radius 2 is 2.10 bits per heavy atom. The summed E-state index contributed by atoms with van der Waals surface area (Å²) in [6.45, 7) is 6.76. The molecule has 3 aliphatic rings. The molecule has 2 saturated heterocycles. The maximum absolute atomic E-state index is 13.8. The number of oxazole rings is 1. The minimum Gasteiger partial charge on any atom is -0.450 e. The van der Waals surface area contributed by atoms with Crippen LogP contribution in [0, 0.1) is 5.41 Å². The van der Waals surface area contributed by atoms with E-state index in [-0.39, 0.29) is 24.1 Å². The van der Waals surface area contributed by atoms with E-state index >= 15 is 0 Å². The van der Waals surface area contributed by atoms with Crippen LogP contribution in [-0.4, -0.2) is 83.1 Å². The van der Waals surface area contributed by atoms with Gasteiger partial charge in [0.05, 0.1) is 25.9 Å². The van der Waals surface area contributed by atoms with Gasteiger partial charge in [0.25, 0.3) is 5.92 Å². The molecule has 2 aliphatic heterocycles. The number of ether oxygens (including phenoxy) is 1. The standard InChI is InChI=1S/C22H34F2N4O3/c1-3-30-20(29)27-9-6-22(15-27)10-18(11-22)26-7-4-17(5-8-26)28(14-21(2,23)24)13-19-12-25-16-31-19/h12,16-18H,3-11,13-15H2,1-2H3. The van der Waals surface area contributed by atoms with Gasteiger partial charge < -0.3 is 19.0 Å². The number of alkyl halides is 2. The molecule has 0 N–H and O–H groups in total. The van der Waals surface area contributed by atoms with Crippen molar-refractivity contribution in [2.75, 3.05) is 39.3 Å². The van der Waals surface area contributed by atoms with Crippen LogP contribution >= 0.6 is 0 Å². The van der Waals surface area contributed by atoms with Crippen LogP contribution in [0.5, 0.6) is 0 Å². The van der Waals surface area contributed by atoms with Gasteiger partial charge in [0.2, 0.25) is 0 Å². The second-order valence-corrected chi connectivity index (χ2v) is 9.64. The molecular weight excluding hydrogens is 406 g/mol. The van der Waals surface area contributed by atoms with Gasteiger partial charge in [0, 0.05) is 32.1 Å². The van der Waals surface area contributed by atoms with Crippen molar-refractivity contribution < 1.29 is 22.7 Å². The Kier molecular flexibility index (Phi) is 6.53. The predicted octanol–water partition coefficient (Wildman–Crippen LogP) is 3.61. The first-order valence-electron chi connectivity index (χ1n) is 11.4. The Labute approximate surface area is 182 Å². The highest BCUT2D eigenvalue weighted by Gasteiger charge is 2.51. The van der Waals surface area contributed by atoms with Crippen LogP contribution in [0.4, 0.5) is 13.6 Å².